The van der Waals surface area contributed by atoms with Crippen LogP contribution in [0.1, 0.15) is 21.8 Å². The minimum absolute atomic E-state index is 0.195. The average molecular weight is 319 g/mol. The lowest BCUT2D eigenvalue weighted by Crippen LogP contribution is -2.23. The minimum Gasteiger partial charge on any atom is -0.467 e. The molecule has 0 aliphatic heterocycles. The van der Waals surface area contributed by atoms with Crippen LogP contribution in [0.3, 0.4) is 0 Å². The molecule has 0 aliphatic rings. The topological polar surface area (TPSA) is 104 Å². The van der Waals surface area contributed by atoms with E-state index in [9.17, 15) is 4.79 Å². The lowest BCUT2D eigenvalue weighted by Gasteiger charge is -2.07. The number of amides is 1. The summed E-state index contributed by atoms with van der Waals surface area (Å²) in [5.41, 5.74) is 1.32. The van der Waals surface area contributed by atoms with Gasteiger partial charge in [-0.25, -0.2) is 9.97 Å². The largest absolute Gasteiger partial charge is 0.467 e. The van der Waals surface area contributed by atoms with E-state index in [1.54, 1.807) is 36.6 Å². The van der Waals surface area contributed by atoms with Gasteiger partial charge in [0.2, 0.25) is 0 Å². The molecule has 0 aliphatic carbocycles. The highest BCUT2D eigenvalue weighted by Gasteiger charge is 2.09. The number of para-hydroxylation sites is 1. The van der Waals surface area contributed by atoms with Crippen LogP contribution in [-0.4, -0.2) is 15.9 Å². The fourth-order valence-corrected chi connectivity index (χ4v) is 2.01. The molecule has 24 heavy (non-hydrogen) atoms. The molecule has 0 spiro atoms. The summed E-state index contributed by atoms with van der Waals surface area (Å²) >= 11 is 0. The highest BCUT2D eigenvalue weighted by atomic mass is 16.3. The Labute approximate surface area is 138 Å². The van der Waals surface area contributed by atoms with E-state index in [0.29, 0.717) is 22.8 Å². The summed E-state index contributed by atoms with van der Waals surface area (Å²) in [6.07, 6.45) is 4.35. The summed E-state index contributed by atoms with van der Waals surface area (Å²) in [5.74, 6) is 0.755. The van der Waals surface area contributed by atoms with Crippen LogP contribution in [0, 0.1) is 11.3 Å². The predicted molar refractivity (Wildman–Crippen MR) is 86.3 cm³/mol. The molecule has 118 valence electrons. The second-order valence-corrected chi connectivity index (χ2v) is 4.83. The van der Waals surface area contributed by atoms with Crippen LogP contribution in [0.2, 0.25) is 0 Å². The molecule has 0 bridgehead atoms. The van der Waals surface area contributed by atoms with Crippen LogP contribution < -0.4 is 10.6 Å². The standard InChI is InChI=1S/C17H13N5O2/c18-8-12-4-1-2-6-14(12)22-16-11-19-15(10-20-16)17(23)21-9-13-5-3-7-24-13/h1-7,10-11H,9H2,(H,20,22)(H,21,23). The van der Waals surface area contributed by atoms with Gasteiger partial charge in [-0.05, 0) is 24.3 Å². The summed E-state index contributed by atoms with van der Waals surface area (Å²) < 4.78 is 5.14. The number of hydrogen-bond donors (Lipinski definition) is 2. The SMILES string of the molecule is N#Cc1ccccc1Nc1cnc(C(=O)NCc2ccco2)cn1. The minimum atomic E-state index is -0.345. The van der Waals surface area contributed by atoms with Crippen molar-refractivity contribution >= 4 is 17.4 Å². The molecule has 0 saturated carbocycles. The predicted octanol–water partition coefficient (Wildman–Crippen LogP) is 2.61. The van der Waals surface area contributed by atoms with E-state index in [4.69, 9.17) is 9.68 Å². The molecule has 1 aromatic carbocycles. The number of nitrogens with one attached hydrogen (secondary N) is 2. The molecule has 7 heteroatoms. The summed E-state index contributed by atoms with van der Waals surface area (Å²) in [4.78, 5) is 20.2. The van der Waals surface area contributed by atoms with Gasteiger partial charge in [0.25, 0.3) is 5.91 Å². The van der Waals surface area contributed by atoms with Crippen molar-refractivity contribution in [2.45, 2.75) is 6.54 Å². The molecule has 0 saturated heterocycles. The van der Waals surface area contributed by atoms with E-state index in [0.717, 1.165) is 0 Å². The maximum absolute atomic E-state index is 12.0. The first-order chi connectivity index (χ1) is 11.8. The first-order valence-corrected chi connectivity index (χ1v) is 7.15. The molecule has 0 unspecified atom stereocenters. The quantitative estimate of drug-likeness (QED) is 0.749. The first kappa shape index (κ1) is 15.2. The van der Waals surface area contributed by atoms with Crippen molar-refractivity contribution in [2.75, 3.05) is 5.32 Å². The van der Waals surface area contributed by atoms with Crippen molar-refractivity contribution in [1.82, 2.24) is 15.3 Å². The summed E-state index contributed by atoms with van der Waals surface area (Å²) in [5, 5.41) is 14.8. The molecule has 3 rings (SSSR count). The van der Waals surface area contributed by atoms with Gasteiger partial charge in [0.1, 0.15) is 23.3 Å². The molecular formula is C17H13N5O2. The number of rotatable bonds is 5. The van der Waals surface area contributed by atoms with E-state index >= 15 is 0 Å². The van der Waals surface area contributed by atoms with Crippen molar-refractivity contribution < 1.29 is 9.21 Å². The van der Waals surface area contributed by atoms with E-state index < -0.39 is 0 Å². The summed E-state index contributed by atoms with van der Waals surface area (Å²) in [7, 11) is 0. The highest BCUT2D eigenvalue weighted by Crippen LogP contribution is 2.18. The molecule has 7 nitrogen and oxygen atoms in total. The molecular weight excluding hydrogens is 306 g/mol. The van der Waals surface area contributed by atoms with Crippen LogP contribution in [0.4, 0.5) is 11.5 Å². The van der Waals surface area contributed by atoms with Crippen LogP contribution in [-0.2, 0) is 6.54 Å². The number of carbonyl (C=O) groups is 1. The number of aromatic nitrogens is 2. The van der Waals surface area contributed by atoms with Crippen molar-refractivity contribution in [3.05, 3.63) is 72.1 Å². The van der Waals surface area contributed by atoms with E-state index in [2.05, 4.69) is 26.7 Å². The number of benzene rings is 1. The second-order valence-electron chi connectivity index (χ2n) is 4.83. The maximum Gasteiger partial charge on any atom is 0.271 e. The van der Waals surface area contributed by atoms with E-state index in [1.165, 1.54) is 12.4 Å². The van der Waals surface area contributed by atoms with Gasteiger partial charge in [0.05, 0.1) is 36.5 Å². The molecule has 3 aromatic rings. The monoisotopic (exact) mass is 319 g/mol. The Hall–Kier alpha value is -3.66. The van der Waals surface area contributed by atoms with Gasteiger partial charge in [-0.15, -0.1) is 0 Å². The number of nitriles is 1. The fraction of sp³-hybridized carbons (Fsp3) is 0.0588. The zero-order valence-electron chi connectivity index (χ0n) is 12.6. The Balaban J connectivity index is 1.64. The van der Waals surface area contributed by atoms with E-state index in [1.807, 2.05) is 6.07 Å². The molecule has 0 atom stereocenters. The number of nitrogens with zero attached hydrogens (tertiary/aromatic N) is 3. The number of carbonyl (C=O) groups excluding carboxylic acids is 1. The number of hydrogen-bond acceptors (Lipinski definition) is 6. The Kier molecular flexibility index (Phi) is 4.49. The lowest BCUT2D eigenvalue weighted by atomic mass is 10.2. The van der Waals surface area contributed by atoms with Crippen LogP contribution in [0.25, 0.3) is 0 Å². The van der Waals surface area contributed by atoms with Crippen molar-refractivity contribution in [3.63, 3.8) is 0 Å². The van der Waals surface area contributed by atoms with Crippen LogP contribution >= 0.6 is 0 Å². The molecule has 0 radical (unpaired) electrons. The van der Waals surface area contributed by atoms with Gasteiger partial charge < -0.3 is 15.1 Å². The molecule has 0 fully saturated rings. The van der Waals surface area contributed by atoms with Crippen molar-refractivity contribution in [2.24, 2.45) is 0 Å². The Morgan fingerprint density at radius 3 is 2.75 bits per heavy atom. The lowest BCUT2D eigenvalue weighted by molar-refractivity contribution is 0.0942. The number of anilines is 2. The van der Waals surface area contributed by atoms with Crippen molar-refractivity contribution in [1.29, 1.82) is 5.26 Å². The zero-order valence-corrected chi connectivity index (χ0v) is 12.6. The van der Waals surface area contributed by atoms with Gasteiger partial charge in [0, 0.05) is 0 Å². The Bertz CT molecular complexity index is 867. The third kappa shape index (κ3) is 3.56. The van der Waals surface area contributed by atoms with Crippen LogP contribution in [0.5, 0.6) is 0 Å². The van der Waals surface area contributed by atoms with E-state index in [-0.39, 0.29) is 18.1 Å². The van der Waals surface area contributed by atoms with Gasteiger partial charge in [-0.1, -0.05) is 12.1 Å². The number of furan rings is 1. The van der Waals surface area contributed by atoms with Crippen molar-refractivity contribution in [3.8, 4) is 6.07 Å². The third-order valence-corrected chi connectivity index (χ3v) is 3.20. The third-order valence-electron chi connectivity index (χ3n) is 3.20. The normalized spacial score (nSPS) is 9.96. The Morgan fingerprint density at radius 2 is 2.04 bits per heavy atom. The average Bonchev–Trinajstić information content (AvgIpc) is 3.14. The second kappa shape index (κ2) is 7.07. The van der Waals surface area contributed by atoms with Gasteiger partial charge in [-0.2, -0.15) is 5.26 Å². The molecule has 2 aromatic heterocycles. The molecule has 1 amide bonds. The summed E-state index contributed by atoms with van der Waals surface area (Å²) in [6, 6.07) is 12.7. The zero-order chi connectivity index (χ0) is 16.8. The van der Waals surface area contributed by atoms with Gasteiger partial charge in [-0.3, -0.25) is 4.79 Å². The first-order valence-electron chi connectivity index (χ1n) is 7.15. The molecule has 2 heterocycles. The smallest absolute Gasteiger partial charge is 0.271 e. The molecule has 2 N–H and O–H groups in total. The Morgan fingerprint density at radius 1 is 1.17 bits per heavy atom. The highest BCUT2D eigenvalue weighted by molar-refractivity contribution is 5.91. The van der Waals surface area contributed by atoms with Gasteiger partial charge >= 0.3 is 0 Å². The van der Waals surface area contributed by atoms with Gasteiger partial charge in [0.15, 0.2) is 0 Å². The van der Waals surface area contributed by atoms with Crippen LogP contribution in [0.15, 0.2) is 59.5 Å². The fourth-order valence-electron chi connectivity index (χ4n) is 2.01. The maximum atomic E-state index is 12.0. The summed E-state index contributed by atoms with van der Waals surface area (Å²) in [6.45, 7) is 0.281.